The predicted octanol–water partition coefficient (Wildman–Crippen LogP) is 5.48. The third-order valence-electron chi connectivity index (χ3n) is 6.13. The summed E-state index contributed by atoms with van der Waals surface area (Å²) in [6.07, 6.45) is -3.34. The average molecular weight is 537 g/mol. The standard InChI is InChI=1S/C28H19F4N3O4/c29-22-13-19(28(30,31)32)8-7-18(22)14-35-15-21(26(38)20-10-17(12-25(36)37)6-9-23(20)35)27-33-24(39-34-27)11-16-4-2-1-3-5-16/h1-10,13,15H,11-12,14H2,(H,36,37). The molecule has 0 bridgehead atoms. The van der Waals surface area contributed by atoms with E-state index in [1.807, 2.05) is 30.3 Å². The molecule has 0 aliphatic rings. The van der Waals surface area contributed by atoms with Crippen molar-refractivity contribution in [2.45, 2.75) is 25.6 Å². The second-order valence-electron chi connectivity index (χ2n) is 8.90. The highest BCUT2D eigenvalue weighted by atomic mass is 19.4. The zero-order valence-electron chi connectivity index (χ0n) is 20.1. The maximum atomic E-state index is 14.7. The van der Waals surface area contributed by atoms with Gasteiger partial charge in [0.05, 0.1) is 36.0 Å². The Bertz CT molecular complexity index is 1740. The molecule has 0 radical (unpaired) electrons. The van der Waals surface area contributed by atoms with Crippen LogP contribution in [0.4, 0.5) is 17.6 Å². The summed E-state index contributed by atoms with van der Waals surface area (Å²) in [5.74, 6) is -1.94. The van der Waals surface area contributed by atoms with Gasteiger partial charge < -0.3 is 14.2 Å². The van der Waals surface area contributed by atoms with E-state index in [0.717, 1.165) is 17.7 Å². The molecule has 0 aliphatic carbocycles. The summed E-state index contributed by atoms with van der Waals surface area (Å²) >= 11 is 0. The first-order valence-electron chi connectivity index (χ1n) is 11.7. The lowest BCUT2D eigenvalue weighted by Crippen LogP contribution is -2.15. The minimum atomic E-state index is -4.70. The van der Waals surface area contributed by atoms with Crippen LogP contribution in [-0.2, 0) is 30.4 Å². The van der Waals surface area contributed by atoms with Gasteiger partial charge in [-0.05, 0) is 35.4 Å². The van der Waals surface area contributed by atoms with Crippen LogP contribution in [0.25, 0.3) is 22.3 Å². The monoisotopic (exact) mass is 537 g/mol. The minimum absolute atomic E-state index is 0.00496. The van der Waals surface area contributed by atoms with Crippen LogP contribution in [0.3, 0.4) is 0 Å². The lowest BCUT2D eigenvalue weighted by Gasteiger charge is -2.15. The number of pyridine rings is 1. The Balaban J connectivity index is 1.61. The average Bonchev–Trinajstić information content (AvgIpc) is 3.34. The number of aromatic nitrogens is 3. The van der Waals surface area contributed by atoms with Crippen LogP contribution in [0.1, 0.15) is 28.1 Å². The fourth-order valence-corrected chi connectivity index (χ4v) is 4.26. The fourth-order valence-electron chi connectivity index (χ4n) is 4.26. The Morgan fingerprint density at radius 2 is 1.77 bits per heavy atom. The highest BCUT2D eigenvalue weighted by Gasteiger charge is 2.31. The summed E-state index contributed by atoms with van der Waals surface area (Å²) < 4.78 is 60.6. The molecule has 0 saturated carbocycles. The van der Waals surface area contributed by atoms with Crippen molar-refractivity contribution in [3.63, 3.8) is 0 Å². The van der Waals surface area contributed by atoms with E-state index in [1.54, 1.807) is 0 Å². The van der Waals surface area contributed by atoms with Gasteiger partial charge in [0.2, 0.25) is 17.1 Å². The van der Waals surface area contributed by atoms with Gasteiger partial charge in [0.25, 0.3) is 0 Å². The molecule has 0 spiro atoms. The van der Waals surface area contributed by atoms with Crippen LogP contribution in [0.5, 0.6) is 0 Å². The lowest BCUT2D eigenvalue weighted by molar-refractivity contribution is -0.138. The zero-order valence-corrected chi connectivity index (χ0v) is 20.1. The van der Waals surface area contributed by atoms with Crippen molar-refractivity contribution in [2.75, 3.05) is 0 Å². The molecule has 0 amide bonds. The second-order valence-corrected chi connectivity index (χ2v) is 8.90. The van der Waals surface area contributed by atoms with Gasteiger partial charge in [-0.3, -0.25) is 9.59 Å². The number of carboxylic acids is 1. The Kier molecular flexibility index (Phi) is 6.73. The molecule has 5 rings (SSSR count). The first kappa shape index (κ1) is 25.8. The number of aliphatic carboxylic acids is 1. The molecule has 7 nitrogen and oxygen atoms in total. The third-order valence-corrected chi connectivity index (χ3v) is 6.13. The molecule has 198 valence electrons. The molecule has 0 aliphatic heterocycles. The first-order chi connectivity index (χ1) is 18.6. The van der Waals surface area contributed by atoms with Crippen molar-refractivity contribution in [3.8, 4) is 11.4 Å². The van der Waals surface area contributed by atoms with Crippen LogP contribution in [0, 0.1) is 5.82 Å². The van der Waals surface area contributed by atoms with E-state index in [0.29, 0.717) is 23.6 Å². The molecule has 0 atom stereocenters. The summed E-state index contributed by atoms with van der Waals surface area (Å²) in [5, 5.41) is 13.2. The third kappa shape index (κ3) is 5.57. The molecule has 2 heterocycles. The van der Waals surface area contributed by atoms with Gasteiger partial charge >= 0.3 is 12.1 Å². The number of rotatable bonds is 7. The molecule has 0 saturated heterocycles. The maximum absolute atomic E-state index is 14.7. The first-order valence-corrected chi connectivity index (χ1v) is 11.7. The number of carbonyl (C=O) groups is 1. The molecular weight excluding hydrogens is 518 g/mol. The van der Waals surface area contributed by atoms with E-state index in [2.05, 4.69) is 10.1 Å². The molecule has 0 fully saturated rings. The Labute approximate surface area is 218 Å². The van der Waals surface area contributed by atoms with Crippen LogP contribution in [0.15, 0.2) is 82.2 Å². The van der Waals surface area contributed by atoms with Crippen LogP contribution >= 0.6 is 0 Å². The Hall–Kier alpha value is -4.80. The smallest absolute Gasteiger partial charge is 0.416 e. The van der Waals surface area contributed by atoms with E-state index in [4.69, 9.17) is 4.52 Å². The number of hydrogen-bond donors (Lipinski definition) is 1. The summed E-state index contributed by atoms with van der Waals surface area (Å²) in [5.41, 5.74) is -0.0882. The normalized spacial score (nSPS) is 11.7. The molecular formula is C28H19F4N3O4. The van der Waals surface area contributed by atoms with Crippen molar-refractivity contribution in [2.24, 2.45) is 0 Å². The number of carboxylic acid groups (broad SMARTS) is 1. The minimum Gasteiger partial charge on any atom is -0.481 e. The van der Waals surface area contributed by atoms with Gasteiger partial charge in [0.1, 0.15) is 5.82 Å². The van der Waals surface area contributed by atoms with Crippen LogP contribution in [0.2, 0.25) is 0 Å². The molecule has 2 aromatic heterocycles. The highest BCUT2D eigenvalue weighted by molar-refractivity contribution is 5.85. The van der Waals surface area contributed by atoms with Crippen LogP contribution < -0.4 is 5.43 Å². The quantitative estimate of drug-likeness (QED) is 0.276. The molecule has 5 aromatic rings. The number of halogens is 4. The summed E-state index contributed by atoms with van der Waals surface area (Å²) in [4.78, 5) is 29.1. The van der Waals surface area contributed by atoms with Crippen molar-refractivity contribution in [1.29, 1.82) is 0 Å². The van der Waals surface area contributed by atoms with E-state index >= 15 is 0 Å². The van der Waals surface area contributed by atoms with Gasteiger partial charge in [-0.25, -0.2) is 4.39 Å². The Morgan fingerprint density at radius 1 is 1.00 bits per heavy atom. The van der Waals surface area contributed by atoms with Gasteiger partial charge in [0.15, 0.2) is 0 Å². The second kappa shape index (κ2) is 10.2. The number of fused-ring (bicyclic) bond motifs is 1. The predicted molar refractivity (Wildman–Crippen MR) is 133 cm³/mol. The van der Waals surface area contributed by atoms with Gasteiger partial charge in [0, 0.05) is 17.1 Å². The summed E-state index contributed by atoms with van der Waals surface area (Å²) in [6.45, 7) is -0.221. The van der Waals surface area contributed by atoms with E-state index in [1.165, 1.54) is 29.0 Å². The number of hydrogen-bond acceptors (Lipinski definition) is 5. The zero-order chi connectivity index (χ0) is 27.7. The topological polar surface area (TPSA) is 98.2 Å². The number of benzene rings is 3. The van der Waals surface area contributed by atoms with Gasteiger partial charge in [-0.1, -0.05) is 47.6 Å². The molecule has 1 N–H and O–H groups in total. The van der Waals surface area contributed by atoms with Crippen molar-refractivity contribution < 1.29 is 32.0 Å². The highest BCUT2D eigenvalue weighted by Crippen LogP contribution is 2.31. The SMILES string of the molecule is O=C(O)Cc1ccc2c(c1)c(=O)c(-c1noc(Cc3ccccc3)n1)cn2Cc1ccc(C(F)(F)F)cc1F. The van der Waals surface area contributed by atoms with E-state index in [9.17, 15) is 32.3 Å². The van der Waals surface area contributed by atoms with Crippen molar-refractivity contribution in [1.82, 2.24) is 14.7 Å². The van der Waals surface area contributed by atoms with E-state index < -0.39 is 29.0 Å². The number of alkyl halides is 3. The van der Waals surface area contributed by atoms with Gasteiger partial charge in [-0.15, -0.1) is 0 Å². The van der Waals surface area contributed by atoms with Crippen molar-refractivity contribution >= 4 is 16.9 Å². The lowest BCUT2D eigenvalue weighted by atomic mass is 10.0. The summed E-state index contributed by atoms with van der Waals surface area (Å²) in [6, 6.07) is 16.0. The molecule has 0 unspecified atom stereocenters. The number of nitrogens with zero attached hydrogens (tertiary/aromatic N) is 3. The largest absolute Gasteiger partial charge is 0.481 e. The van der Waals surface area contributed by atoms with E-state index in [-0.39, 0.29) is 41.2 Å². The fraction of sp³-hybridized carbons (Fsp3) is 0.143. The molecule has 11 heteroatoms. The van der Waals surface area contributed by atoms with Crippen LogP contribution in [-0.4, -0.2) is 25.8 Å². The molecule has 39 heavy (non-hydrogen) atoms. The Morgan fingerprint density at radius 3 is 2.46 bits per heavy atom. The van der Waals surface area contributed by atoms with Gasteiger partial charge in [-0.2, -0.15) is 18.2 Å². The van der Waals surface area contributed by atoms with Crippen molar-refractivity contribution in [3.05, 3.63) is 117 Å². The molecule has 3 aromatic carbocycles. The maximum Gasteiger partial charge on any atom is 0.416 e. The summed E-state index contributed by atoms with van der Waals surface area (Å²) in [7, 11) is 0.